The zero-order valence-corrected chi connectivity index (χ0v) is 10.9. The molecular weight excluding hydrogens is 251 g/mol. The maximum atomic E-state index is 14.0. The molecule has 0 saturated carbocycles. The monoisotopic (exact) mass is 266 g/mol. The molecule has 1 aromatic heterocycles. The topological polar surface area (TPSA) is 51.8 Å². The summed E-state index contributed by atoms with van der Waals surface area (Å²) in [5, 5.41) is 10.2. The van der Waals surface area contributed by atoms with Crippen molar-refractivity contribution in [3.05, 3.63) is 47.2 Å². The zero-order valence-electron chi connectivity index (χ0n) is 10.9. The van der Waals surface area contributed by atoms with Gasteiger partial charge in [-0.1, -0.05) is 0 Å². The van der Waals surface area contributed by atoms with Crippen molar-refractivity contribution in [2.24, 2.45) is 0 Å². The molecule has 5 heteroatoms. The molecule has 0 fully saturated rings. The highest BCUT2D eigenvalue weighted by Crippen LogP contribution is 2.34. The van der Waals surface area contributed by atoms with Crippen molar-refractivity contribution >= 4 is 0 Å². The molecule has 1 heterocycles. The van der Waals surface area contributed by atoms with Crippen molar-refractivity contribution in [3.8, 4) is 11.5 Å². The van der Waals surface area contributed by atoms with Crippen molar-refractivity contribution < 1.29 is 23.4 Å². The lowest BCUT2D eigenvalue weighted by molar-refractivity contribution is 0.213. The molecule has 2 aromatic rings. The van der Waals surface area contributed by atoms with E-state index < -0.39 is 11.9 Å². The average Bonchev–Trinajstić information content (AvgIpc) is 2.84. The van der Waals surface area contributed by atoms with Crippen LogP contribution >= 0.6 is 0 Å². The summed E-state index contributed by atoms with van der Waals surface area (Å²) in [4.78, 5) is 0. The van der Waals surface area contributed by atoms with E-state index in [1.54, 1.807) is 13.0 Å². The summed E-state index contributed by atoms with van der Waals surface area (Å²) in [6.07, 6.45) is 0.285. The number of aliphatic hydroxyl groups is 1. The third-order valence-electron chi connectivity index (χ3n) is 2.86. The Morgan fingerprint density at radius 3 is 2.32 bits per heavy atom. The molecule has 1 atom stereocenters. The number of ether oxygens (including phenoxy) is 2. The number of benzene rings is 1. The first-order chi connectivity index (χ1) is 9.06. The summed E-state index contributed by atoms with van der Waals surface area (Å²) in [5.41, 5.74) is 0.599. The fourth-order valence-corrected chi connectivity index (χ4v) is 1.87. The summed E-state index contributed by atoms with van der Waals surface area (Å²) in [6, 6.07) is 4.26. The molecule has 0 saturated heterocycles. The van der Waals surface area contributed by atoms with Crippen molar-refractivity contribution in [3.63, 3.8) is 0 Å². The zero-order chi connectivity index (χ0) is 14.0. The second-order valence-electron chi connectivity index (χ2n) is 4.12. The van der Waals surface area contributed by atoms with Crippen LogP contribution in [0.15, 0.2) is 28.9 Å². The van der Waals surface area contributed by atoms with Gasteiger partial charge in [-0.25, -0.2) is 4.39 Å². The average molecular weight is 266 g/mol. The van der Waals surface area contributed by atoms with Crippen LogP contribution in [0, 0.1) is 12.7 Å². The smallest absolute Gasteiger partial charge is 0.163 e. The van der Waals surface area contributed by atoms with E-state index in [0.29, 0.717) is 17.1 Å². The van der Waals surface area contributed by atoms with Gasteiger partial charge in [-0.2, -0.15) is 0 Å². The van der Waals surface area contributed by atoms with E-state index in [-0.39, 0.29) is 11.3 Å². The Morgan fingerprint density at radius 2 is 1.79 bits per heavy atom. The van der Waals surface area contributed by atoms with Gasteiger partial charge < -0.3 is 19.0 Å². The summed E-state index contributed by atoms with van der Waals surface area (Å²) >= 11 is 0. The fraction of sp³-hybridized carbons (Fsp3) is 0.286. The number of furan rings is 1. The van der Waals surface area contributed by atoms with Crippen molar-refractivity contribution in [1.29, 1.82) is 0 Å². The molecule has 0 radical (unpaired) electrons. The lowest BCUT2D eigenvalue weighted by atomic mass is 10.0. The molecule has 2 rings (SSSR count). The number of aryl methyl sites for hydroxylation is 1. The molecule has 102 valence electrons. The second-order valence-corrected chi connectivity index (χ2v) is 4.12. The van der Waals surface area contributed by atoms with E-state index in [9.17, 15) is 9.50 Å². The standard InChI is InChI=1S/C14H15FO4/c1-8-4-9(7-19-8)14(16)10-5-12(17-2)13(18-3)6-11(10)15/h4-7,14,16H,1-3H3. The molecule has 19 heavy (non-hydrogen) atoms. The summed E-state index contributed by atoms with van der Waals surface area (Å²) in [7, 11) is 2.88. The second kappa shape index (κ2) is 5.32. The summed E-state index contributed by atoms with van der Waals surface area (Å²) < 4.78 is 29.2. The van der Waals surface area contributed by atoms with Gasteiger partial charge in [0.2, 0.25) is 0 Å². The Bertz CT molecular complexity index is 577. The normalized spacial score (nSPS) is 12.3. The molecule has 0 amide bonds. The van der Waals surface area contributed by atoms with Gasteiger partial charge in [-0.3, -0.25) is 0 Å². The molecule has 4 nitrogen and oxygen atoms in total. The third-order valence-corrected chi connectivity index (χ3v) is 2.86. The van der Waals surface area contributed by atoms with Crippen LogP contribution in [0.3, 0.4) is 0 Å². The van der Waals surface area contributed by atoms with Gasteiger partial charge >= 0.3 is 0 Å². The van der Waals surface area contributed by atoms with E-state index in [0.717, 1.165) is 0 Å². The predicted octanol–water partition coefficient (Wildman–Crippen LogP) is 2.83. The SMILES string of the molecule is COc1cc(F)c(C(O)c2coc(C)c2)cc1OC. The van der Waals surface area contributed by atoms with Crippen LogP contribution in [0.25, 0.3) is 0 Å². The van der Waals surface area contributed by atoms with Crippen LogP contribution in [0.4, 0.5) is 4.39 Å². The van der Waals surface area contributed by atoms with Gasteiger partial charge in [-0.15, -0.1) is 0 Å². The van der Waals surface area contributed by atoms with Crippen LogP contribution in [0.2, 0.25) is 0 Å². The number of methoxy groups -OCH3 is 2. The summed E-state index contributed by atoms with van der Waals surface area (Å²) in [5.74, 6) is 0.719. The highest BCUT2D eigenvalue weighted by atomic mass is 19.1. The lowest BCUT2D eigenvalue weighted by Gasteiger charge is -2.14. The van der Waals surface area contributed by atoms with Crippen LogP contribution in [-0.4, -0.2) is 19.3 Å². The van der Waals surface area contributed by atoms with Crippen molar-refractivity contribution in [2.45, 2.75) is 13.0 Å². The minimum atomic E-state index is -1.11. The van der Waals surface area contributed by atoms with E-state index in [2.05, 4.69) is 0 Å². The molecule has 0 bridgehead atoms. The van der Waals surface area contributed by atoms with Crippen LogP contribution in [-0.2, 0) is 0 Å². The Morgan fingerprint density at radius 1 is 1.16 bits per heavy atom. The quantitative estimate of drug-likeness (QED) is 0.924. The first-order valence-electron chi connectivity index (χ1n) is 5.71. The maximum Gasteiger partial charge on any atom is 0.163 e. The Balaban J connectivity index is 2.44. The Hall–Kier alpha value is -2.01. The van der Waals surface area contributed by atoms with Crippen LogP contribution < -0.4 is 9.47 Å². The minimum absolute atomic E-state index is 0.110. The molecule has 1 N–H and O–H groups in total. The van der Waals surface area contributed by atoms with E-state index >= 15 is 0 Å². The van der Waals surface area contributed by atoms with Gasteiger partial charge in [0.25, 0.3) is 0 Å². The van der Waals surface area contributed by atoms with Gasteiger partial charge in [0.15, 0.2) is 11.5 Å². The van der Waals surface area contributed by atoms with Gasteiger partial charge in [-0.05, 0) is 19.1 Å². The Labute approximate surface area is 110 Å². The number of rotatable bonds is 4. The largest absolute Gasteiger partial charge is 0.493 e. The summed E-state index contributed by atoms with van der Waals surface area (Å²) in [6.45, 7) is 1.75. The van der Waals surface area contributed by atoms with Gasteiger partial charge in [0.05, 0.1) is 20.5 Å². The molecule has 0 aliphatic carbocycles. The number of halogens is 1. The van der Waals surface area contributed by atoms with E-state index in [1.165, 1.54) is 32.6 Å². The number of hydrogen-bond acceptors (Lipinski definition) is 4. The predicted molar refractivity (Wildman–Crippen MR) is 67.0 cm³/mol. The first-order valence-corrected chi connectivity index (χ1v) is 5.71. The van der Waals surface area contributed by atoms with E-state index in [1.807, 2.05) is 0 Å². The number of hydrogen-bond donors (Lipinski definition) is 1. The minimum Gasteiger partial charge on any atom is -0.493 e. The van der Waals surface area contributed by atoms with Gasteiger partial charge in [0, 0.05) is 17.2 Å². The molecule has 0 aliphatic rings. The van der Waals surface area contributed by atoms with Gasteiger partial charge in [0.1, 0.15) is 17.7 Å². The van der Waals surface area contributed by atoms with E-state index in [4.69, 9.17) is 13.9 Å². The Kier molecular flexibility index (Phi) is 3.76. The third kappa shape index (κ3) is 2.56. The van der Waals surface area contributed by atoms with Crippen LogP contribution in [0.5, 0.6) is 11.5 Å². The molecule has 0 aliphatic heterocycles. The van der Waals surface area contributed by atoms with Crippen molar-refractivity contribution in [2.75, 3.05) is 14.2 Å². The number of aliphatic hydroxyl groups excluding tert-OH is 1. The molecule has 1 unspecified atom stereocenters. The lowest BCUT2D eigenvalue weighted by Crippen LogP contribution is -2.03. The highest BCUT2D eigenvalue weighted by molar-refractivity contribution is 5.46. The first kappa shape index (κ1) is 13.4. The molecule has 1 aromatic carbocycles. The maximum absolute atomic E-state index is 14.0. The van der Waals surface area contributed by atoms with Crippen molar-refractivity contribution in [1.82, 2.24) is 0 Å². The highest BCUT2D eigenvalue weighted by Gasteiger charge is 2.20. The molecular formula is C14H15FO4. The van der Waals surface area contributed by atoms with Crippen LogP contribution in [0.1, 0.15) is 23.0 Å². The fourth-order valence-electron chi connectivity index (χ4n) is 1.87. The molecule has 0 spiro atoms.